The van der Waals surface area contributed by atoms with Gasteiger partial charge in [-0.05, 0) is 43.5 Å². The van der Waals surface area contributed by atoms with Crippen LogP contribution in [0.1, 0.15) is 24.8 Å². The molecule has 1 aliphatic heterocycles. The van der Waals surface area contributed by atoms with Crippen molar-refractivity contribution in [2.75, 3.05) is 18.0 Å². The largest absolute Gasteiger partial charge is 0.357 e. The smallest absolute Gasteiger partial charge is 0.240 e. The molecule has 28 heavy (non-hydrogen) atoms. The standard InChI is InChI=1S/C21H22F2N4O/c22-17-6-4-16(18(23)12-17)13-24-20(28)14-27-11-8-15-5-7-19(25-21(15)27)26-9-2-1-3-10-26/h4-8,11-12H,1-3,9-10,13-14H2,(H,24,28). The molecule has 0 unspecified atom stereocenters. The molecule has 1 aliphatic rings. The van der Waals surface area contributed by atoms with E-state index in [0.29, 0.717) is 0 Å². The zero-order valence-corrected chi connectivity index (χ0v) is 15.5. The first kappa shape index (κ1) is 18.4. The Morgan fingerprint density at radius 3 is 2.68 bits per heavy atom. The molecule has 0 aliphatic carbocycles. The van der Waals surface area contributed by atoms with Crippen LogP contribution in [-0.4, -0.2) is 28.5 Å². The van der Waals surface area contributed by atoms with Gasteiger partial charge in [0.05, 0.1) is 0 Å². The van der Waals surface area contributed by atoms with Crippen LogP contribution in [-0.2, 0) is 17.9 Å². The van der Waals surface area contributed by atoms with Crippen molar-refractivity contribution in [2.45, 2.75) is 32.4 Å². The summed E-state index contributed by atoms with van der Waals surface area (Å²) in [4.78, 5) is 19.4. The summed E-state index contributed by atoms with van der Waals surface area (Å²) >= 11 is 0. The van der Waals surface area contributed by atoms with Crippen LogP contribution in [0.2, 0.25) is 0 Å². The number of nitrogens with one attached hydrogen (secondary N) is 1. The van der Waals surface area contributed by atoms with E-state index in [0.717, 1.165) is 36.0 Å². The zero-order valence-electron chi connectivity index (χ0n) is 15.5. The highest BCUT2D eigenvalue weighted by atomic mass is 19.1. The second-order valence-corrected chi connectivity index (χ2v) is 7.09. The number of piperidine rings is 1. The summed E-state index contributed by atoms with van der Waals surface area (Å²) in [6, 6.07) is 9.30. The third kappa shape index (κ3) is 3.98. The highest BCUT2D eigenvalue weighted by Gasteiger charge is 2.14. The summed E-state index contributed by atoms with van der Waals surface area (Å²) in [6.45, 7) is 2.10. The molecule has 1 fully saturated rings. The molecule has 5 nitrogen and oxygen atoms in total. The van der Waals surface area contributed by atoms with Crippen LogP contribution in [0.3, 0.4) is 0 Å². The number of aromatic nitrogens is 2. The fourth-order valence-electron chi connectivity index (χ4n) is 3.55. The van der Waals surface area contributed by atoms with Crippen LogP contribution in [0.15, 0.2) is 42.6 Å². The normalized spacial score (nSPS) is 14.4. The predicted molar refractivity (Wildman–Crippen MR) is 104 cm³/mol. The molecule has 1 amide bonds. The lowest BCUT2D eigenvalue weighted by Gasteiger charge is -2.27. The van der Waals surface area contributed by atoms with E-state index in [-0.39, 0.29) is 24.6 Å². The van der Waals surface area contributed by atoms with Crippen molar-refractivity contribution in [3.05, 3.63) is 59.8 Å². The van der Waals surface area contributed by atoms with Crippen molar-refractivity contribution in [2.24, 2.45) is 0 Å². The molecule has 0 saturated carbocycles. The van der Waals surface area contributed by atoms with E-state index in [1.807, 2.05) is 24.4 Å². The Hall–Kier alpha value is -2.96. The molecule has 3 aromatic rings. The maximum Gasteiger partial charge on any atom is 0.240 e. The molecule has 146 valence electrons. The fourth-order valence-corrected chi connectivity index (χ4v) is 3.55. The van der Waals surface area contributed by atoms with Crippen LogP contribution in [0.5, 0.6) is 0 Å². The molecule has 1 saturated heterocycles. The van der Waals surface area contributed by atoms with E-state index < -0.39 is 11.6 Å². The Morgan fingerprint density at radius 1 is 1.07 bits per heavy atom. The quantitative estimate of drug-likeness (QED) is 0.731. The topological polar surface area (TPSA) is 50.2 Å². The Balaban J connectivity index is 1.45. The summed E-state index contributed by atoms with van der Waals surface area (Å²) in [5.74, 6) is -0.631. The predicted octanol–water partition coefficient (Wildman–Crippen LogP) is 3.62. The molecule has 0 radical (unpaired) electrons. The summed E-state index contributed by atoms with van der Waals surface area (Å²) < 4.78 is 28.5. The van der Waals surface area contributed by atoms with E-state index in [1.54, 1.807) is 4.57 Å². The number of pyridine rings is 1. The van der Waals surface area contributed by atoms with Gasteiger partial charge in [-0.25, -0.2) is 13.8 Å². The number of carbonyl (C=O) groups excluding carboxylic acids is 1. The van der Waals surface area contributed by atoms with Crippen LogP contribution >= 0.6 is 0 Å². The average Bonchev–Trinajstić information content (AvgIpc) is 3.10. The van der Waals surface area contributed by atoms with Crippen molar-refractivity contribution < 1.29 is 13.6 Å². The van der Waals surface area contributed by atoms with Gasteiger partial charge in [0, 0.05) is 42.8 Å². The van der Waals surface area contributed by atoms with Gasteiger partial charge in [0.25, 0.3) is 0 Å². The van der Waals surface area contributed by atoms with Gasteiger partial charge in [0.15, 0.2) is 0 Å². The first-order chi connectivity index (χ1) is 13.6. The van der Waals surface area contributed by atoms with Crippen molar-refractivity contribution in [1.82, 2.24) is 14.9 Å². The summed E-state index contributed by atoms with van der Waals surface area (Å²) in [7, 11) is 0. The van der Waals surface area contributed by atoms with Crippen molar-refractivity contribution in [3.8, 4) is 0 Å². The molecule has 0 bridgehead atoms. The number of benzene rings is 1. The number of hydrogen-bond acceptors (Lipinski definition) is 3. The minimum Gasteiger partial charge on any atom is -0.357 e. The monoisotopic (exact) mass is 384 g/mol. The molecule has 0 atom stereocenters. The van der Waals surface area contributed by atoms with Crippen LogP contribution in [0.25, 0.3) is 11.0 Å². The van der Waals surface area contributed by atoms with Gasteiger partial charge in [-0.1, -0.05) is 6.07 Å². The molecule has 1 N–H and O–H groups in total. The molecule has 0 spiro atoms. The van der Waals surface area contributed by atoms with Gasteiger partial charge < -0.3 is 14.8 Å². The van der Waals surface area contributed by atoms with Crippen LogP contribution < -0.4 is 10.2 Å². The van der Waals surface area contributed by atoms with Gasteiger partial charge in [-0.15, -0.1) is 0 Å². The third-order valence-electron chi connectivity index (χ3n) is 5.08. The number of carbonyl (C=O) groups is 1. The Kier molecular flexibility index (Phi) is 5.23. The lowest BCUT2D eigenvalue weighted by Crippen LogP contribution is -2.30. The summed E-state index contributed by atoms with van der Waals surface area (Å²) in [5, 5.41) is 3.65. The van der Waals surface area contributed by atoms with E-state index in [1.165, 1.54) is 31.4 Å². The van der Waals surface area contributed by atoms with Crippen molar-refractivity contribution >= 4 is 22.8 Å². The number of rotatable bonds is 5. The van der Waals surface area contributed by atoms with Crippen molar-refractivity contribution in [3.63, 3.8) is 0 Å². The third-order valence-corrected chi connectivity index (χ3v) is 5.08. The molecule has 7 heteroatoms. The SMILES string of the molecule is O=C(Cn1ccc2ccc(N3CCCCC3)nc21)NCc1ccc(F)cc1F. The number of halogens is 2. The first-order valence-electron chi connectivity index (χ1n) is 9.51. The highest BCUT2D eigenvalue weighted by molar-refractivity contribution is 5.82. The average molecular weight is 384 g/mol. The molecule has 2 aromatic heterocycles. The molecular formula is C21H22F2N4O. The van der Waals surface area contributed by atoms with Gasteiger partial charge >= 0.3 is 0 Å². The number of hydrogen-bond donors (Lipinski definition) is 1. The van der Waals surface area contributed by atoms with Gasteiger partial charge in [0.2, 0.25) is 5.91 Å². The Bertz CT molecular complexity index is 995. The fraction of sp³-hybridized carbons (Fsp3) is 0.333. The molecule has 1 aromatic carbocycles. The highest BCUT2D eigenvalue weighted by Crippen LogP contribution is 2.22. The van der Waals surface area contributed by atoms with Gasteiger partial charge in [-0.3, -0.25) is 4.79 Å². The minimum atomic E-state index is -0.667. The van der Waals surface area contributed by atoms with E-state index in [9.17, 15) is 13.6 Å². The van der Waals surface area contributed by atoms with E-state index in [4.69, 9.17) is 4.98 Å². The zero-order chi connectivity index (χ0) is 19.5. The number of amides is 1. The van der Waals surface area contributed by atoms with E-state index in [2.05, 4.69) is 10.2 Å². The van der Waals surface area contributed by atoms with Gasteiger partial charge in [0.1, 0.15) is 29.6 Å². The summed E-state index contributed by atoms with van der Waals surface area (Å²) in [6.07, 6.45) is 5.42. The number of anilines is 1. The molecular weight excluding hydrogens is 362 g/mol. The second-order valence-electron chi connectivity index (χ2n) is 7.09. The van der Waals surface area contributed by atoms with Crippen LogP contribution in [0, 0.1) is 11.6 Å². The van der Waals surface area contributed by atoms with Gasteiger partial charge in [-0.2, -0.15) is 0 Å². The molecule has 4 rings (SSSR count). The minimum absolute atomic E-state index is 0.0105. The maximum atomic E-state index is 13.7. The lowest BCUT2D eigenvalue weighted by atomic mass is 10.1. The lowest BCUT2D eigenvalue weighted by molar-refractivity contribution is -0.121. The van der Waals surface area contributed by atoms with E-state index >= 15 is 0 Å². The number of fused-ring (bicyclic) bond motifs is 1. The Labute approximate surface area is 162 Å². The summed E-state index contributed by atoms with van der Waals surface area (Å²) in [5.41, 5.74) is 1.00. The van der Waals surface area contributed by atoms with Crippen molar-refractivity contribution in [1.29, 1.82) is 0 Å². The number of nitrogens with zero attached hydrogens (tertiary/aromatic N) is 3. The second kappa shape index (κ2) is 7.96. The van der Waals surface area contributed by atoms with Crippen LogP contribution in [0.4, 0.5) is 14.6 Å². The Morgan fingerprint density at radius 2 is 1.89 bits per heavy atom. The maximum absolute atomic E-state index is 13.7. The molecule has 3 heterocycles. The first-order valence-corrected chi connectivity index (χ1v) is 9.51.